The smallest absolute Gasteiger partial charge is 0.270 e. The number of nitrogens with zero attached hydrogens (tertiary/aromatic N) is 2. The van der Waals surface area contributed by atoms with Gasteiger partial charge in [0, 0.05) is 31.6 Å². The van der Waals surface area contributed by atoms with Gasteiger partial charge in [0.05, 0.1) is 12.8 Å². The fraction of sp³-hybridized carbons (Fsp3) is 0.263. The van der Waals surface area contributed by atoms with Crippen LogP contribution in [0.25, 0.3) is 10.8 Å². The Morgan fingerprint density at radius 1 is 1.08 bits per heavy atom. The summed E-state index contributed by atoms with van der Waals surface area (Å²) in [6.45, 7) is 3.58. The first-order valence-electron chi connectivity index (χ1n) is 8.37. The second kappa shape index (κ2) is 6.57. The lowest BCUT2D eigenvalue weighted by atomic mass is 10.1. The van der Waals surface area contributed by atoms with Crippen LogP contribution in [0.5, 0.6) is 0 Å². The Hall–Kier alpha value is -2.86. The molecule has 0 unspecified atom stereocenters. The number of H-pyrrole nitrogens is 1. The van der Waals surface area contributed by atoms with Gasteiger partial charge in [-0.1, -0.05) is 18.2 Å². The first-order valence-corrected chi connectivity index (χ1v) is 8.37. The van der Waals surface area contributed by atoms with Crippen LogP contribution < -0.4 is 5.56 Å². The maximum Gasteiger partial charge on any atom is 0.270 e. The normalized spacial score (nSPS) is 15.6. The summed E-state index contributed by atoms with van der Waals surface area (Å²) < 4.78 is 5.37. The van der Waals surface area contributed by atoms with Crippen molar-refractivity contribution in [1.82, 2.24) is 14.8 Å². The molecule has 1 aliphatic heterocycles. The molecule has 0 spiro atoms. The van der Waals surface area contributed by atoms with Gasteiger partial charge < -0.3 is 14.3 Å². The molecule has 4 rings (SSSR count). The van der Waals surface area contributed by atoms with Crippen molar-refractivity contribution in [2.24, 2.45) is 0 Å². The molecular weight excluding hydrogens is 318 g/mol. The maximum absolute atomic E-state index is 12.7. The highest BCUT2D eigenvalue weighted by Gasteiger charge is 2.23. The van der Waals surface area contributed by atoms with Crippen molar-refractivity contribution >= 4 is 16.7 Å². The second-order valence-corrected chi connectivity index (χ2v) is 6.25. The molecular formula is C19H19N3O3. The molecule has 3 aromatic rings. The van der Waals surface area contributed by atoms with Crippen LogP contribution >= 0.6 is 0 Å². The van der Waals surface area contributed by atoms with Crippen LogP contribution in [0.3, 0.4) is 0 Å². The molecule has 0 radical (unpaired) electrons. The number of amides is 1. The zero-order valence-corrected chi connectivity index (χ0v) is 13.8. The minimum Gasteiger partial charge on any atom is -0.468 e. The number of aromatic amines is 1. The lowest BCUT2D eigenvalue weighted by Gasteiger charge is -2.34. The van der Waals surface area contributed by atoms with Crippen LogP contribution in [0.2, 0.25) is 0 Å². The van der Waals surface area contributed by atoms with E-state index in [4.69, 9.17) is 4.42 Å². The number of furan rings is 1. The van der Waals surface area contributed by atoms with Gasteiger partial charge in [0.1, 0.15) is 11.5 Å². The number of carbonyl (C=O) groups is 1. The summed E-state index contributed by atoms with van der Waals surface area (Å²) in [5.74, 6) is 0.805. The van der Waals surface area contributed by atoms with Crippen molar-refractivity contribution in [3.63, 3.8) is 0 Å². The van der Waals surface area contributed by atoms with E-state index in [9.17, 15) is 9.59 Å². The monoisotopic (exact) mass is 337 g/mol. The number of hydrogen-bond acceptors (Lipinski definition) is 4. The van der Waals surface area contributed by atoms with E-state index >= 15 is 0 Å². The topological polar surface area (TPSA) is 69.6 Å². The zero-order valence-electron chi connectivity index (χ0n) is 13.8. The number of pyridine rings is 1. The fourth-order valence-electron chi connectivity index (χ4n) is 3.23. The third kappa shape index (κ3) is 3.21. The van der Waals surface area contributed by atoms with Crippen molar-refractivity contribution < 1.29 is 9.21 Å². The Morgan fingerprint density at radius 2 is 1.88 bits per heavy atom. The number of hydrogen-bond donors (Lipinski definition) is 1. The number of piperazine rings is 1. The molecule has 1 aromatic carbocycles. The van der Waals surface area contributed by atoms with Crippen LogP contribution in [0, 0.1) is 0 Å². The summed E-state index contributed by atoms with van der Waals surface area (Å²) >= 11 is 0. The van der Waals surface area contributed by atoms with E-state index in [1.807, 2.05) is 30.3 Å². The van der Waals surface area contributed by atoms with Gasteiger partial charge in [-0.25, -0.2) is 0 Å². The highest BCUT2D eigenvalue weighted by molar-refractivity contribution is 5.96. The molecule has 1 saturated heterocycles. The average Bonchev–Trinajstić information content (AvgIpc) is 3.15. The van der Waals surface area contributed by atoms with Crippen LogP contribution in [-0.4, -0.2) is 46.9 Å². The third-order valence-corrected chi connectivity index (χ3v) is 4.60. The Bertz CT molecular complexity index is 938. The fourth-order valence-corrected chi connectivity index (χ4v) is 3.23. The standard InChI is InChI=1S/C19H19N3O3/c23-18-16-6-2-1-4-14(16)12-17(20-18)19(24)22-9-7-21(8-10-22)13-15-5-3-11-25-15/h1-6,11-12H,7-10,13H2,(H,20,23). The van der Waals surface area contributed by atoms with E-state index in [-0.39, 0.29) is 11.5 Å². The first kappa shape index (κ1) is 15.7. The van der Waals surface area contributed by atoms with E-state index in [0.29, 0.717) is 24.2 Å². The van der Waals surface area contributed by atoms with Crippen LogP contribution in [0.1, 0.15) is 16.2 Å². The minimum absolute atomic E-state index is 0.125. The maximum atomic E-state index is 12.7. The van der Waals surface area contributed by atoms with Crippen molar-refractivity contribution in [1.29, 1.82) is 0 Å². The Labute approximate surface area is 144 Å². The number of carbonyl (C=O) groups excluding carboxylic acids is 1. The van der Waals surface area contributed by atoms with Gasteiger partial charge >= 0.3 is 0 Å². The molecule has 3 heterocycles. The molecule has 1 amide bonds. The van der Waals surface area contributed by atoms with Gasteiger partial charge in [0.15, 0.2) is 0 Å². The molecule has 0 saturated carbocycles. The quantitative estimate of drug-likeness (QED) is 0.794. The summed E-state index contributed by atoms with van der Waals surface area (Å²) in [6.07, 6.45) is 1.67. The van der Waals surface area contributed by atoms with Crippen LogP contribution in [-0.2, 0) is 6.54 Å². The average molecular weight is 337 g/mol. The predicted molar refractivity (Wildman–Crippen MR) is 94.5 cm³/mol. The van der Waals surface area contributed by atoms with E-state index in [1.165, 1.54) is 0 Å². The van der Waals surface area contributed by atoms with E-state index in [2.05, 4.69) is 9.88 Å². The number of benzene rings is 1. The van der Waals surface area contributed by atoms with Crippen molar-refractivity contribution in [2.45, 2.75) is 6.54 Å². The van der Waals surface area contributed by atoms with Crippen molar-refractivity contribution in [3.8, 4) is 0 Å². The number of fused-ring (bicyclic) bond motifs is 1. The first-order chi connectivity index (χ1) is 12.2. The number of rotatable bonds is 3. The van der Waals surface area contributed by atoms with Gasteiger partial charge in [-0.15, -0.1) is 0 Å². The van der Waals surface area contributed by atoms with Crippen LogP contribution in [0.4, 0.5) is 0 Å². The molecule has 0 atom stereocenters. The van der Waals surface area contributed by atoms with Gasteiger partial charge in [0.25, 0.3) is 11.5 Å². The summed E-state index contributed by atoms with van der Waals surface area (Å²) in [7, 11) is 0. The molecule has 2 aromatic heterocycles. The minimum atomic E-state index is -0.224. The molecule has 1 N–H and O–H groups in total. The summed E-state index contributed by atoms with van der Waals surface area (Å²) in [5, 5.41) is 1.38. The molecule has 128 valence electrons. The van der Waals surface area contributed by atoms with Crippen LogP contribution in [0.15, 0.2) is 57.9 Å². The molecule has 0 aliphatic carbocycles. The highest BCUT2D eigenvalue weighted by Crippen LogP contribution is 2.14. The number of nitrogens with one attached hydrogen (secondary N) is 1. The van der Waals surface area contributed by atoms with Crippen molar-refractivity contribution in [3.05, 3.63) is 70.5 Å². The van der Waals surface area contributed by atoms with Gasteiger partial charge in [-0.2, -0.15) is 0 Å². The second-order valence-electron chi connectivity index (χ2n) is 6.25. The largest absolute Gasteiger partial charge is 0.468 e. The van der Waals surface area contributed by atoms with E-state index in [0.717, 1.165) is 30.8 Å². The van der Waals surface area contributed by atoms with Gasteiger partial charge in [-0.3, -0.25) is 14.5 Å². The SMILES string of the molecule is O=C(c1cc2ccccc2c(=O)[nH]1)N1CCN(Cc2ccco2)CC1. The lowest BCUT2D eigenvalue weighted by molar-refractivity contribution is 0.0614. The predicted octanol–water partition coefficient (Wildman–Crippen LogP) is 2.08. The van der Waals surface area contributed by atoms with Gasteiger partial charge in [0.2, 0.25) is 0 Å². The summed E-state index contributed by atoms with van der Waals surface area (Å²) in [5.41, 5.74) is 0.126. The molecule has 6 heteroatoms. The lowest BCUT2D eigenvalue weighted by Crippen LogP contribution is -2.48. The van der Waals surface area contributed by atoms with Crippen molar-refractivity contribution in [2.75, 3.05) is 26.2 Å². The number of aromatic nitrogens is 1. The summed E-state index contributed by atoms with van der Waals surface area (Å²) in [4.78, 5) is 31.7. The summed E-state index contributed by atoms with van der Waals surface area (Å²) in [6, 6.07) is 12.9. The van der Waals surface area contributed by atoms with E-state index < -0.39 is 0 Å². The highest BCUT2D eigenvalue weighted by atomic mass is 16.3. The molecule has 1 fully saturated rings. The van der Waals surface area contributed by atoms with E-state index in [1.54, 1.807) is 23.3 Å². The Balaban J connectivity index is 1.46. The molecule has 6 nitrogen and oxygen atoms in total. The molecule has 25 heavy (non-hydrogen) atoms. The Kier molecular flexibility index (Phi) is 4.11. The van der Waals surface area contributed by atoms with Gasteiger partial charge in [-0.05, 0) is 29.7 Å². The molecule has 1 aliphatic rings. The Morgan fingerprint density at radius 3 is 2.64 bits per heavy atom. The third-order valence-electron chi connectivity index (χ3n) is 4.60. The molecule has 0 bridgehead atoms. The zero-order chi connectivity index (χ0) is 17.2.